The van der Waals surface area contributed by atoms with Gasteiger partial charge in [0.05, 0.1) is 6.54 Å². The van der Waals surface area contributed by atoms with Crippen LogP contribution in [0.5, 0.6) is 0 Å². The molecular formula is C13H10N2O3. The van der Waals surface area contributed by atoms with Gasteiger partial charge in [-0.15, -0.1) is 0 Å². The Morgan fingerprint density at radius 2 is 1.89 bits per heavy atom. The second kappa shape index (κ2) is 4.03. The fourth-order valence-corrected chi connectivity index (χ4v) is 1.89. The normalized spacial score (nSPS) is 10.9. The van der Waals surface area contributed by atoms with Crippen molar-refractivity contribution in [2.75, 3.05) is 0 Å². The molecule has 0 spiro atoms. The molecular weight excluding hydrogens is 232 g/mol. The Balaban J connectivity index is 2.10. The lowest BCUT2D eigenvalue weighted by molar-refractivity contribution is 0.555. The van der Waals surface area contributed by atoms with Crippen LogP contribution in [0.3, 0.4) is 0 Å². The number of fused-ring (bicyclic) bond motifs is 1. The van der Waals surface area contributed by atoms with Crippen LogP contribution >= 0.6 is 0 Å². The monoisotopic (exact) mass is 242 g/mol. The van der Waals surface area contributed by atoms with Gasteiger partial charge in [-0.1, -0.05) is 30.3 Å². The van der Waals surface area contributed by atoms with E-state index in [1.165, 1.54) is 4.57 Å². The summed E-state index contributed by atoms with van der Waals surface area (Å²) in [6.45, 7) is 0.461. The first kappa shape index (κ1) is 10.6. The molecule has 5 heteroatoms. The van der Waals surface area contributed by atoms with E-state index < -0.39 is 5.76 Å². The smallest absolute Gasteiger partial charge is 0.408 e. The average molecular weight is 242 g/mol. The van der Waals surface area contributed by atoms with Gasteiger partial charge >= 0.3 is 5.76 Å². The number of nitrogens with zero attached hydrogens (tertiary/aromatic N) is 1. The van der Waals surface area contributed by atoms with Crippen LogP contribution in [-0.4, -0.2) is 9.55 Å². The van der Waals surface area contributed by atoms with Crippen LogP contribution < -0.4 is 11.3 Å². The van der Waals surface area contributed by atoms with Gasteiger partial charge in [0.25, 0.3) is 5.56 Å². The predicted octanol–water partition coefficient (Wildman–Crippen LogP) is 1.33. The number of hydrogen-bond donors (Lipinski definition) is 1. The largest absolute Gasteiger partial charge is 0.417 e. The summed E-state index contributed by atoms with van der Waals surface area (Å²) in [6, 6.07) is 11.2. The van der Waals surface area contributed by atoms with Crippen LogP contribution in [0.25, 0.3) is 11.1 Å². The van der Waals surface area contributed by atoms with Crippen LogP contribution in [0.4, 0.5) is 0 Å². The van der Waals surface area contributed by atoms with E-state index in [1.807, 2.05) is 30.3 Å². The minimum Gasteiger partial charge on any atom is -0.408 e. The fraction of sp³-hybridized carbons (Fsp3) is 0.0769. The molecule has 0 saturated heterocycles. The lowest BCUT2D eigenvalue weighted by Crippen LogP contribution is -2.20. The number of rotatable bonds is 2. The lowest BCUT2D eigenvalue weighted by Gasteiger charge is -2.04. The maximum Gasteiger partial charge on any atom is 0.417 e. The highest BCUT2D eigenvalue weighted by atomic mass is 16.4. The summed E-state index contributed by atoms with van der Waals surface area (Å²) in [4.78, 5) is 25.5. The molecule has 0 aliphatic carbocycles. The molecule has 0 aliphatic heterocycles. The van der Waals surface area contributed by atoms with E-state index in [0.29, 0.717) is 6.54 Å². The van der Waals surface area contributed by atoms with Crippen molar-refractivity contribution in [1.82, 2.24) is 9.55 Å². The number of H-pyrrole nitrogens is 1. The topological polar surface area (TPSA) is 68.0 Å². The van der Waals surface area contributed by atoms with Crippen LogP contribution in [0.2, 0.25) is 0 Å². The first-order chi connectivity index (χ1) is 8.74. The molecule has 0 aliphatic rings. The Morgan fingerprint density at radius 3 is 2.67 bits per heavy atom. The third kappa shape index (κ3) is 1.75. The van der Waals surface area contributed by atoms with E-state index in [4.69, 9.17) is 4.42 Å². The minimum absolute atomic E-state index is 0.207. The molecule has 0 radical (unpaired) electrons. The Bertz CT molecular complexity index is 796. The number of nitrogens with one attached hydrogen (secondary N) is 1. The van der Waals surface area contributed by atoms with Crippen molar-refractivity contribution in [3.8, 4) is 0 Å². The highest BCUT2D eigenvalue weighted by Gasteiger charge is 2.07. The Kier molecular flexibility index (Phi) is 2.37. The molecule has 0 atom stereocenters. The van der Waals surface area contributed by atoms with E-state index in [-0.39, 0.29) is 16.7 Å². The van der Waals surface area contributed by atoms with E-state index in [2.05, 4.69) is 4.98 Å². The molecule has 0 saturated carbocycles. The quantitative estimate of drug-likeness (QED) is 0.737. The molecule has 0 bridgehead atoms. The van der Waals surface area contributed by atoms with Crippen molar-refractivity contribution < 1.29 is 4.42 Å². The number of oxazole rings is 1. The zero-order chi connectivity index (χ0) is 12.5. The summed E-state index contributed by atoms with van der Waals surface area (Å²) >= 11 is 0. The van der Waals surface area contributed by atoms with Gasteiger partial charge in [0, 0.05) is 6.20 Å². The molecule has 0 fully saturated rings. The maximum atomic E-state index is 12.1. The molecule has 2 aromatic heterocycles. The van der Waals surface area contributed by atoms with Crippen molar-refractivity contribution in [2.45, 2.75) is 6.54 Å². The van der Waals surface area contributed by atoms with Crippen molar-refractivity contribution in [3.05, 3.63) is 69.1 Å². The van der Waals surface area contributed by atoms with Gasteiger partial charge in [0.15, 0.2) is 11.1 Å². The molecule has 90 valence electrons. The Morgan fingerprint density at radius 1 is 1.11 bits per heavy atom. The SMILES string of the molecule is O=c1[nH]c2c(=O)n(Cc3ccccc3)ccc2o1. The minimum atomic E-state index is -0.612. The third-order valence-corrected chi connectivity index (χ3v) is 2.75. The number of aromatic nitrogens is 2. The second-order valence-electron chi connectivity index (χ2n) is 3.99. The van der Waals surface area contributed by atoms with Crippen LogP contribution in [0.15, 0.2) is 56.6 Å². The predicted molar refractivity (Wildman–Crippen MR) is 66.6 cm³/mol. The molecule has 1 aromatic carbocycles. The van der Waals surface area contributed by atoms with E-state index in [0.717, 1.165) is 5.56 Å². The van der Waals surface area contributed by atoms with Gasteiger partial charge < -0.3 is 8.98 Å². The van der Waals surface area contributed by atoms with E-state index >= 15 is 0 Å². The van der Waals surface area contributed by atoms with Gasteiger partial charge in [0.2, 0.25) is 0 Å². The van der Waals surface area contributed by atoms with E-state index in [1.54, 1.807) is 12.3 Å². The van der Waals surface area contributed by atoms with Gasteiger partial charge in [-0.2, -0.15) is 0 Å². The van der Waals surface area contributed by atoms with Gasteiger partial charge in [0.1, 0.15) is 0 Å². The highest BCUT2D eigenvalue weighted by molar-refractivity contribution is 5.70. The fourth-order valence-electron chi connectivity index (χ4n) is 1.89. The summed E-state index contributed by atoms with van der Waals surface area (Å²) in [5.41, 5.74) is 1.25. The van der Waals surface area contributed by atoms with Crippen LogP contribution in [0.1, 0.15) is 5.56 Å². The van der Waals surface area contributed by atoms with Gasteiger partial charge in [-0.05, 0) is 11.6 Å². The van der Waals surface area contributed by atoms with Crippen molar-refractivity contribution in [2.24, 2.45) is 0 Å². The van der Waals surface area contributed by atoms with Gasteiger partial charge in [-0.25, -0.2) is 4.79 Å². The third-order valence-electron chi connectivity index (χ3n) is 2.75. The second-order valence-corrected chi connectivity index (χ2v) is 3.99. The molecule has 0 amide bonds. The van der Waals surface area contributed by atoms with Crippen molar-refractivity contribution >= 4 is 11.1 Å². The molecule has 18 heavy (non-hydrogen) atoms. The van der Waals surface area contributed by atoms with E-state index in [9.17, 15) is 9.59 Å². The summed E-state index contributed by atoms with van der Waals surface area (Å²) in [7, 11) is 0. The highest BCUT2D eigenvalue weighted by Crippen LogP contribution is 2.05. The molecule has 2 heterocycles. The summed E-state index contributed by atoms with van der Waals surface area (Å²) < 4.78 is 6.36. The summed E-state index contributed by atoms with van der Waals surface area (Å²) in [5, 5.41) is 0. The molecule has 3 aromatic rings. The number of aromatic amines is 1. The summed E-state index contributed by atoms with van der Waals surface area (Å²) in [5.74, 6) is -0.612. The van der Waals surface area contributed by atoms with Gasteiger partial charge in [-0.3, -0.25) is 9.78 Å². The van der Waals surface area contributed by atoms with Crippen LogP contribution in [-0.2, 0) is 6.54 Å². The standard InChI is InChI=1S/C13H10N2O3/c16-12-11-10(18-13(17)14-11)6-7-15(12)8-9-4-2-1-3-5-9/h1-7H,8H2,(H,14,17). The number of benzene rings is 1. The zero-order valence-electron chi connectivity index (χ0n) is 9.42. The Labute approximate surface area is 101 Å². The number of hydrogen-bond acceptors (Lipinski definition) is 3. The number of pyridine rings is 1. The summed E-state index contributed by atoms with van der Waals surface area (Å²) in [6.07, 6.45) is 1.62. The van der Waals surface area contributed by atoms with Crippen molar-refractivity contribution in [3.63, 3.8) is 0 Å². The first-order valence-corrected chi connectivity index (χ1v) is 5.50. The Hall–Kier alpha value is -2.56. The molecule has 5 nitrogen and oxygen atoms in total. The maximum absolute atomic E-state index is 12.1. The molecule has 1 N–H and O–H groups in total. The first-order valence-electron chi connectivity index (χ1n) is 5.50. The van der Waals surface area contributed by atoms with Crippen molar-refractivity contribution in [1.29, 1.82) is 0 Å². The average Bonchev–Trinajstić information content (AvgIpc) is 2.76. The van der Waals surface area contributed by atoms with Crippen LogP contribution in [0, 0.1) is 0 Å². The molecule has 3 rings (SSSR count). The molecule has 0 unspecified atom stereocenters. The lowest BCUT2D eigenvalue weighted by atomic mass is 10.2. The zero-order valence-corrected chi connectivity index (χ0v) is 9.42.